The molecule has 3 aromatic heterocycles. The van der Waals surface area contributed by atoms with Gasteiger partial charge in [0, 0.05) is 42.9 Å². The summed E-state index contributed by atoms with van der Waals surface area (Å²) in [5, 5.41) is 9.11. The largest absolute Gasteiger partial charge is 0.476 e. The monoisotopic (exact) mass is 547 g/mol. The normalized spacial score (nSPS) is 19.7. The number of carboxylic acid groups (broad SMARTS) is 1. The van der Waals surface area contributed by atoms with Crippen molar-refractivity contribution < 1.29 is 19.1 Å². The predicted octanol–water partition coefficient (Wildman–Crippen LogP) is 6.04. The highest BCUT2D eigenvalue weighted by molar-refractivity contribution is 5.96. The number of piperazine rings is 1. The van der Waals surface area contributed by atoms with Gasteiger partial charge in [-0.25, -0.2) is 19.7 Å². The van der Waals surface area contributed by atoms with Crippen LogP contribution < -0.4 is 4.90 Å². The second-order valence-corrected chi connectivity index (χ2v) is 13.9. The van der Waals surface area contributed by atoms with Crippen LogP contribution in [0.25, 0.3) is 11.1 Å². The Morgan fingerprint density at radius 3 is 2.30 bits per heavy atom. The van der Waals surface area contributed by atoms with Crippen molar-refractivity contribution in [3.8, 4) is 0 Å². The molecule has 2 fully saturated rings. The molecule has 0 unspecified atom stereocenters. The Hall–Kier alpha value is -3.49. The first-order valence-electron chi connectivity index (χ1n) is 14.2. The minimum atomic E-state index is -1.11. The van der Waals surface area contributed by atoms with Crippen LogP contribution in [0.5, 0.6) is 0 Å². The molecule has 1 N–H and O–H groups in total. The fourth-order valence-corrected chi connectivity index (χ4v) is 6.06. The van der Waals surface area contributed by atoms with Gasteiger partial charge in [-0.2, -0.15) is 0 Å². The molecule has 9 heteroatoms. The number of fused-ring (bicyclic) bond motifs is 1. The number of pyridine rings is 1. The van der Waals surface area contributed by atoms with E-state index in [9.17, 15) is 9.59 Å². The maximum Gasteiger partial charge on any atom is 0.356 e. The van der Waals surface area contributed by atoms with Gasteiger partial charge in [0.15, 0.2) is 17.0 Å². The van der Waals surface area contributed by atoms with E-state index in [1.54, 1.807) is 0 Å². The van der Waals surface area contributed by atoms with E-state index in [0.717, 1.165) is 29.6 Å². The first-order chi connectivity index (χ1) is 18.6. The molecule has 5 rings (SSSR count). The highest BCUT2D eigenvalue weighted by Crippen LogP contribution is 2.43. The standard InChI is InChI=1S/C31H41N5O4/c1-29(2,3)20-14-21(19-8-10-30(4,5)11-9-19)34-22-15-24(40-26(20)22)27(37)36-13-12-35(18-31(36,6)7)25-17-32-23(16-33-25)28(38)39/h14-17,19H,8-13,18H2,1-7H3,(H,38,39). The second-order valence-electron chi connectivity index (χ2n) is 13.9. The SMILES string of the molecule is CC1(C)CCC(c2cc(C(C)(C)C)c3oc(C(=O)N4CCN(c5cnc(C(=O)O)cn5)CC4(C)C)cc3n2)CC1. The number of carboxylic acids is 1. The van der Waals surface area contributed by atoms with E-state index in [0.29, 0.717) is 48.1 Å². The molecule has 0 radical (unpaired) electrons. The number of aromatic nitrogens is 3. The molecule has 2 aliphatic rings. The zero-order chi connectivity index (χ0) is 29.0. The number of aromatic carboxylic acids is 1. The molecule has 4 heterocycles. The summed E-state index contributed by atoms with van der Waals surface area (Å²) in [7, 11) is 0. The smallest absolute Gasteiger partial charge is 0.356 e. The van der Waals surface area contributed by atoms with Crippen LogP contribution in [-0.2, 0) is 5.41 Å². The molecule has 0 bridgehead atoms. The van der Waals surface area contributed by atoms with Gasteiger partial charge in [0.25, 0.3) is 5.91 Å². The Kier molecular flexibility index (Phi) is 6.91. The lowest BCUT2D eigenvalue weighted by Gasteiger charge is -2.47. The Morgan fingerprint density at radius 2 is 1.73 bits per heavy atom. The summed E-state index contributed by atoms with van der Waals surface area (Å²) >= 11 is 0. The number of carbonyl (C=O) groups is 2. The van der Waals surface area contributed by atoms with Crippen LogP contribution in [0.4, 0.5) is 5.82 Å². The molecular weight excluding hydrogens is 506 g/mol. The Balaban J connectivity index is 1.41. The Morgan fingerprint density at radius 1 is 1.02 bits per heavy atom. The molecule has 1 aliphatic heterocycles. The molecule has 1 saturated heterocycles. The lowest BCUT2D eigenvalue weighted by atomic mass is 9.72. The van der Waals surface area contributed by atoms with Gasteiger partial charge < -0.3 is 19.3 Å². The van der Waals surface area contributed by atoms with E-state index in [4.69, 9.17) is 14.5 Å². The van der Waals surface area contributed by atoms with Gasteiger partial charge in [0.2, 0.25) is 0 Å². The van der Waals surface area contributed by atoms with Gasteiger partial charge in [-0.15, -0.1) is 0 Å². The Bertz CT molecular complexity index is 1420. The van der Waals surface area contributed by atoms with Crippen molar-refractivity contribution in [1.29, 1.82) is 0 Å². The number of nitrogens with zero attached hydrogens (tertiary/aromatic N) is 5. The Labute approximate surface area is 236 Å². The summed E-state index contributed by atoms with van der Waals surface area (Å²) in [6.45, 7) is 16.8. The maximum absolute atomic E-state index is 13.9. The predicted molar refractivity (Wildman–Crippen MR) is 154 cm³/mol. The van der Waals surface area contributed by atoms with E-state index in [1.807, 2.05) is 29.7 Å². The minimum Gasteiger partial charge on any atom is -0.476 e. The molecular formula is C31H41N5O4. The van der Waals surface area contributed by atoms with Crippen molar-refractivity contribution in [3.63, 3.8) is 0 Å². The van der Waals surface area contributed by atoms with Crippen LogP contribution in [0.3, 0.4) is 0 Å². The topological polar surface area (TPSA) is 113 Å². The van der Waals surface area contributed by atoms with Crippen molar-refractivity contribution in [3.05, 3.63) is 47.2 Å². The van der Waals surface area contributed by atoms with Crippen molar-refractivity contribution in [2.24, 2.45) is 5.41 Å². The van der Waals surface area contributed by atoms with Gasteiger partial charge in [0.1, 0.15) is 11.3 Å². The molecule has 1 amide bonds. The zero-order valence-corrected chi connectivity index (χ0v) is 24.7. The summed E-state index contributed by atoms with van der Waals surface area (Å²) in [4.78, 5) is 42.2. The van der Waals surface area contributed by atoms with Crippen LogP contribution >= 0.6 is 0 Å². The quantitative estimate of drug-likeness (QED) is 0.421. The lowest BCUT2D eigenvalue weighted by molar-refractivity contribution is 0.0483. The number of carbonyl (C=O) groups excluding carboxylic acids is 1. The maximum atomic E-state index is 13.9. The molecule has 0 aromatic carbocycles. The van der Waals surface area contributed by atoms with E-state index in [1.165, 1.54) is 25.2 Å². The third-order valence-electron chi connectivity index (χ3n) is 8.60. The molecule has 0 spiro atoms. The molecule has 3 aromatic rings. The van der Waals surface area contributed by atoms with Gasteiger partial charge in [-0.05, 0) is 56.4 Å². The van der Waals surface area contributed by atoms with Crippen LogP contribution in [0.15, 0.2) is 28.9 Å². The van der Waals surface area contributed by atoms with E-state index in [-0.39, 0.29) is 17.0 Å². The second kappa shape index (κ2) is 9.85. The molecule has 214 valence electrons. The first-order valence-corrected chi connectivity index (χ1v) is 14.2. The summed E-state index contributed by atoms with van der Waals surface area (Å²) in [5.41, 5.74) is 3.24. The van der Waals surface area contributed by atoms with E-state index >= 15 is 0 Å². The van der Waals surface area contributed by atoms with E-state index < -0.39 is 11.5 Å². The minimum absolute atomic E-state index is 0.0968. The van der Waals surface area contributed by atoms with Crippen LogP contribution in [0.1, 0.15) is 112 Å². The number of furan rings is 1. The molecule has 40 heavy (non-hydrogen) atoms. The highest BCUT2D eigenvalue weighted by atomic mass is 16.4. The summed E-state index contributed by atoms with van der Waals surface area (Å²) in [6, 6.07) is 4.03. The van der Waals surface area contributed by atoms with Gasteiger partial charge in [-0.1, -0.05) is 34.6 Å². The molecule has 1 saturated carbocycles. The molecule has 9 nitrogen and oxygen atoms in total. The van der Waals surface area contributed by atoms with Gasteiger partial charge in [-0.3, -0.25) is 4.79 Å². The number of hydrogen-bond donors (Lipinski definition) is 1. The average molecular weight is 548 g/mol. The lowest BCUT2D eigenvalue weighted by Crippen LogP contribution is -2.61. The number of hydrogen-bond acceptors (Lipinski definition) is 7. The summed E-state index contributed by atoms with van der Waals surface area (Å²) < 4.78 is 6.31. The zero-order valence-electron chi connectivity index (χ0n) is 24.7. The average Bonchev–Trinajstić information content (AvgIpc) is 3.31. The van der Waals surface area contributed by atoms with Gasteiger partial charge >= 0.3 is 5.97 Å². The summed E-state index contributed by atoms with van der Waals surface area (Å²) in [5.74, 6) is 0.0520. The fourth-order valence-electron chi connectivity index (χ4n) is 6.06. The number of rotatable bonds is 4. The molecule has 0 atom stereocenters. The third-order valence-corrected chi connectivity index (χ3v) is 8.60. The first kappa shape index (κ1) is 28.1. The number of anilines is 1. The van der Waals surface area contributed by atoms with Crippen LogP contribution in [-0.4, -0.2) is 62.0 Å². The van der Waals surface area contributed by atoms with Crippen LogP contribution in [0, 0.1) is 5.41 Å². The fraction of sp³-hybridized carbons (Fsp3) is 0.581. The van der Waals surface area contributed by atoms with Crippen molar-refractivity contribution >= 4 is 28.8 Å². The van der Waals surface area contributed by atoms with Crippen molar-refractivity contribution in [1.82, 2.24) is 19.9 Å². The van der Waals surface area contributed by atoms with Crippen molar-refractivity contribution in [2.75, 3.05) is 24.5 Å². The molecule has 1 aliphatic carbocycles. The third kappa shape index (κ3) is 5.43. The highest BCUT2D eigenvalue weighted by Gasteiger charge is 2.39. The number of amides is 1. The summed E-state index contributed by atoms with van der Waals surface area (Å²) in [6.07, 6.45) is 7.36. The van der Waals surface area contributed by atoms with Crippen molar-refractivity contribution in [2.45, 2.75) is 91.0 Å². The van der Waals surface area contributed by atoms with E-state index in [2.05, 4.69) is 50.7 Å². The van der Waals surface area contributed by atoms with Gasteiger partial charge in [0.05, 0.1) is 17.9 Å². The van der Waals surface area contributed by atoms with Crippen LogP contribution in [0.2, 0.25) is 0 Å².